The van der Waals surface area contributed by atoms with Gasteiger partial charge < -0.3 is 0 Å². The molecule has 6 heteroatoms. The van der Waals surface area contributed by atoms with Crippen LogP contribution in [0.4, 0.5) is 0 Å². The van der Waals surface area contributed by atoms with Crippen molar-refractivity contribution in [3.8, 4) is 5.75 Å². The van der Waals surface area contributed by atoms with Crippen LogP contribution in [0.1, 0.15) is 0 Å². The Morgan fingerprint density at radius 1 is 0.833 bits per heavy atom. The molecule has 0 aliphatic heterocycles. The molecule has 2 rings (SSSR count). The average molecular weight is 301 g/mol. The van der Waals surface area contributed by atoms with E-state index in [1.807, 2.05) is 0 Å². The van der Waals surface area contributed by atoms with E-state index < -0.39 is 12.5 Å². The van der Waals surface area contributed by atoms with E-state index in [0.29, 0.717) is 0 Å². The van der Waals surface area contributed by atoms with Gasteiger partial charge >= 0.3 is 109 Å². The van der Waals surface area contributed by atoms with Gasteiger partial charge in [0, 0.05) is 0 Å². The third-order valence-corrected chi connectivity index (χ3v) is 8.04. The van der Waals surface area contributed by atoms with Gasteiger partial charge in [-0.15, -0.1) is 0 Å². The van der Waals surface area contributed by atoms with Gasteiger partial charge in [-0.3, -0.25) is 0 Å². The van der Waals surface area contributed by atoms with Crippen LogP contribution in [0.3, 0.4) is 0 Å². The first-order valence-electron chi connectivity index (χ1n) is 5.30. The van der Waals surface area contributed by atoms with E-state index in [-0.39, 0.29) is 20.7 Å². The van der Waals surface area contributed by atoms with Crippen LogP contribution in [0.2, 0.25) is 0 Å². The molecule has 0 aliphatic rings. The number of benzene rings is 2. The molecule has 2 aromatic rings. The summed E-state index contributed by atoms with van der Waals surface area (Å²) in [4.78, 5) is 0. The molecule has 0 saturated heterocycles. The fourth-order valence-electron chi connectivity index (χ4n) is 1.46. The number of rotatable bonds is 4. The first-order chi connectivity index (χ1) is 8.53. The van der Waals surface area contributed by atoms with Crippen molar-refractivity contribution in [2.45, 2.75) is 0 Å². The van der Waals surface area contributed by atoms with Gasteiger partial charge in [-0.05, 0) is 0 Å². The summed E-state index contributed by atoms with van der Waals surface area (Å²) in [6.07, 6.45) is 0. The summed E-state index contributed by atoms with van der Waals surface area (Å²) < 4.78 is 35.4. The van der Waals surface area contributed by atoms with Crippen molar-refractivity contribution in [2.24, 2.45) is 0 Å². The summed E-state index contributed by atoms with van der Waals surface area (Å²) in [6, 6.07) is 16.3. The van der Waals surface area contributed by atoms with Gasteiger partial charge in [0.25, 0.3) is 0 Å². The normalized spacial score (nSPS) is 13.7. The molecule has 0 aliphatic carbocycles. The molecule has 4 nitrogen and oxygen atoms in total. The molecule has 0 aromatic heterocycles. The van der Waals surface area contributed by atoms with Crippen LogP contribution in [-0.2, 0) is 23.6 Å². The predicted molar refractivity (Wildman–Crippen MR) is 65.5 cm³/mol. The maximum atomic E-state index is 12.6. The van der Waals surface area contributed by atoms with Crippen LogP contribution in [-0.4, -0.2) is 10.5 Å². The van der Waals surface area contributed by atoms with Crippen LogP contribution in [0.25, 0.3) is 0 Å². The van der Waals surface area contributed by atoms with Crippen molar-refractivity contribution in [2.75, 3.05) is 0 Å². The van der Waals surface area contributed by atoms with Crippen LogP contribution in [0.5, 0.6) is 5.75 Å². The summed E-state index contributed by atoms with van der Waals surface area (Å²) in [5.41, 5.74) is 0. The Balaban J connectivity index is 2.49. The molecule has 0 spiro atoms. The summed E-state index contributed by atoms with van der Waals surface area (Å²) in [7, 11) is 0.0409. The molecule has 0 radical (unpaired) electrons. The van der Waals surface area contributed by atoms with Crippen molar-refractivity contribution >= 4 is 14.9 Å². The van der Waals surface area contributed by atoms with E-state index in [4.69, 9.17) is 7.27 Å². The Morgan fingerprint density at radius 2 is 1.33 bits per heavy atom. The third kappa shape index (κ3) is 2.52. The van der Waals surface area contributed by atoms with Crippen molar-refractivity contribution < 1.29 is 27.4 Å². The molecule has 0 N–H and O–H groups in total. The summed E-state index contributed by atoms with van der Waals surface area (Å²) in [5.74, 6) is 0.252. The number of hydrogen-bond donors (Lipinski definition) is 0. The van der Waals surface area contributed by atoms with Gasteiger partial charge in [-0.1, -0.05) is 0 Å². The first-order valence-corrected chi connectivity index (χ1v) is 8.84. The monoisotopic (exact) mass is 301 g/mol. The number of para-hydroxylation sites is 1. The molecule has 0 fully saturated rings. The SMILES string of the molecule is [O]=[Cr](=[O])([O][SiH3])([O]c1ccccc1)[c]1ccccc1. The second-order valence-electron chi connectivity index (χ2n) is 3.62. The predicted octanol–water partition coefficient (Wildman–Crippen LogP) is 0.898. The van der Waals surface area contributed by atoms with Crippen LogP contribution in [0, 0.1) is 0 Å². The molecule has 95 valence electrons. The average Bonchev–Trinajstić information content (AvgIpc) is 2.41. The van der Waals surface area contributed by atoms with Gasteiger partial charge in [0.15, 0.2) is 0 Å². The zero-order chi connectivity index (χ0) is 13.1. The fraction of sp³-hybridized carbons (Fsp3) is 0. The zero-order valence-corrected chi connectivity index (χ0v) is 13.1. The van der Waals surface area contributed by atoms with E-state index in [2.05, 4.69) is 0 Å². The van der Waals surface area contributed by atoms with Crippen molar-refractivity contribution in [3.05, 3.63) is 60.7 Å². The summed E-state index contributed by atoms with van der Waals surface area (Å²) in [5, 5.41) is 0. The molecule has 0 unspecified atom stereocenters. The molecule has 0 atom stereocenters. The van der Waals surface area contributed by atoms with E-state index in [0.717, 1.165) is 0 Å². The molecule has 0 amide bonds. The standard InChI is InChI=1S/C6H6O.C6H5.Cr.H3OSi.2O/c7-6-4-2-1-3-5-6;1-2-4-6-5-3-1;;1-2;;/h1-5,7H;1-5H;;2H3;;/q;;+2;-1;;/p-1. The minimum atomic E-state index is -5.71. The second-order valence-corrected chi connectivity index (χ2v) is 8.82. The van der Waals surface area contributed by atoms with E-state index in [1.165, 1.54) is 12.1 Å². The molecular weight excluding hydrogens is 288 g/mol. The van der Waals surface area contributed by atoms with Crippen LogP contribution in [0.15, 0.2) is 60.7 Å². The first kappa shape index (κ1) is 13.0. The fourth-order valence-corrected chi connectivity index (χ4v) is 4.73. The minimum absolute atomic E-state index is 0.0409. The van der Waals surface area contributed by atoms with E-state index in [9.17, 15) is 7.61 Å². The molecule has 0 saturated carbocycles. The van der Waals surface area contributed by atoms with Gasteiger partial charge in [0.2, 0.25) is 0 Å². The van der Waals surface area contributed by atoms with Gasteiger partial charge in [0.1, 0.15) is 0 Å². The Bertz CT molecular complexity index is 649. The molecule has 18 heavy (non-hydrogen) atoms. The Labute approximate surface area is 109 Å². The molecular formula is C12H13CrO4Si. The van der Waals surface area contributed by atoms with Crippen LogP contribution >= 0.6 is 0 Å². The van der Waals surface area contributed by atoms with Crippen molar-refractivity contribution in [1.29, 1.82) is 0 Å². The Morgan fingerprint density at radius 3 is 1.83 bits per heavy atom. The Hall–Kier alpha value is -1.45. The molecule has 0 bridgehead atoms. The molecule has 2 aromatic carbocycles. The topological polar surface area (TPSA) is 52.6 Å². The third-order valence-electron chi connectivity index (χ3n) is 2.40. The van der Waals surface area contributed by atoms with Gasteiger partial charge in [0.05, 0.1) is 0 Å². The van der Waals surface area contributed by atoms with E-state index >= 15 is 0 Å². The van der Waals surface area contributed by atoms with Gasteiger partial charge in [-0.2, -0.15) is 0 Å². The number of hydrogen-bond acceptors (Lipinski definition) is 4. The summed E-state index contributed by atoms with van der Waals surface area (Å²) >= 11 is -5.71. The quantitative estimate of drug-likeness (QED) is 0.787. The zero-order valence-electron chi connectivity index (χ0n) is 9.81. The maximum absolute atomic E-state index is 12.6. The molecule has 0 heterocycles. The van der Waals surface area contributed by atoms with Crippen molar-refractivity contribution in [1.82, 2.24) is 0 Å². The van der Waals surface area contributed by atoms with Crippen LogP contribution < -0.4 is 8.21 Å². The Kier molecular flexibility index (Phi) is 3.37. The summed E-state index contributed by atoms with van der Waals surface area (Å²) in [6.45, 7) is 0. The second kappa shape index (κ2) is 4.67. The van der Waals surface area contributed by atoms with E-state index in [1.54, 1.807) is 48.5 Å². The van der Waals surface area contributed by atoms with Gasteiger partial charge in [-0.25, -0.2) is 0 Å². The van der Waals surface area contributed by atoms with Crippen molar-refractivity contribution in [3.63, 3.8) is 0 Å².